The molecule has 0 bridgehead atoms. The number of nitrogens with one attached hydrogen (secondary N) is 1. The minimum absolute atomic E-state index is 0.147. The minimum Gasteiger partial charge on any atom is -0.312 e. The monoisotopic (exact) mass is 384 g/mol. The zero-order valence-electron chi connectivity index (χ0n) is 15.9. The summed E-state index contributed by atoms with van der Waals surface area (Å²) in [4.78, 5) is 14.6. The van der Waals surface area contributed by atoms with E-state index in [1.165, 1.54) is 0 Å². The van der Waals surface area contributed by atoms with Crippen molar-refractivity contribution in [1.82, 2.24) is 0 Å². The fraction of sp³-hybridized carbons (Fsp3) is 0.381. The van der Waals surface area contributed by atoms with Crippen LogP contribution in [0.1, 0.15) is 35.1 Å². The Morgan fingerprint density at radius 2 is 1.74 bits per heavy atom. The number of anilines is 2. The molecule has 0 atom stereocenters. The summed E-state index contributed by atoms with van der Waals surface area (Å²) in [6.45, 7) is 6.26. The van der Waals surface area contributed by atoms with Gasteiger partial charge < -0.3 is 4.90 Å². The number of rotatable bonds is 4. The van der Waals surface area contributed by atoms with Crippen molar-refractivity contribution in [3.8, 4) is 0 Å². The van der Waals surface area contributed by atoms with Gasteiger partial charge in [0.15, 0.2) is 0 Å². The van der Waals surface area contributed by atoms with E-state index in [4.69, 9.17) is 0 Å². The maximum absolute atomic E-state index is 13.0. The van der Waals surface area contributed by atoms with Gasteiger partial charge in [-0.25, -0.2) is 8.42 Å². The molecule has 1 heterocycles. The van der Waals surface area contributed by atoms with Crippen LogP contribution >= 0.6 is 0 Å². The van der Waals surface area contributed by atoms with E-state index in [-0.39, 0.29) is 11.8 Å². The van der Waals surface area contributed by atoms with E-state index < -0.39 is 10.0 Å². The first kappa shape index (κ1) is 18.0. The summed E-state index contributed by atoms with van der Waals surface area (Å²) < 4.78 is 28.7. The molecule has 0 radical (unpaired) electrons. The number of benzene rings is 2. The second kappa shape index (κ2) is 6.37. The molecule has 0 aromatic heterocycles. The average molecular weight is 385 g/mol. The van der Waals surface area contributed by atoms with Crippen LogP contribution in [0.15, 0.2) is 35.2 Å². The number of amides is 1. The minimum atomic E-state index is -3.70. The summed E-state index contributed by atoms with van der Waals surface area (Å²) in [6.07, 6.45) is 2.74. The lowest BCUT2D eigenvalue weighted by atomic mass is 10.1. The molecule has 2 aliphatic rings. The molecule has 0 spiro atoms. The molecule has 2 aromatic rings. The molecule has 0 unspecified atom stereocenters. The van der Waals surface area contributed by atoms with Crippen LogP contribution in [0.25, 0.3) is 0 Å². The van der Waals surface area contributed by atoms with Crippen LogP contribution in [-0.2, 0) is 21.2 Å². The molecule has 1 saturated carbocycles. The molecule has 1 amide bonds. The van der Waals surface area contributed by atoms with Crippen LogP contribution in [0.2, 0.25) is 0 Å². The third-order valence-corrected chi connectivity index (χ3v) is 6.98. The Kier molecular flexibility index (Phi) is 4.26. The quantitative estimate of drug-likeness (QED) is 0.874. The highest BCUT2D eigenvalue weighted by Gasteiger charge is 2.36. The van der Waals surface area contributed by atoms with Crippen molar-refractivity contribution in [1.29, 1.82) is 0 Å². The van der Waals surface area contributed by atoms with E-state index in [2.05, 4.69) is 4.72 Å². The Morgan fingerprint density at radius 3 is 2.37 bits per heavy atom. The summed E-state index contributed by atoms with van der Waals surface area (Å²) in [5, 5.41) is 0. The summed E-state index contributed by atoms with van der Waals surface area (Å²) in [5.41, 5.74) is 4.91. The van der Waals surface area contributed by atoms with Crippen molar-refractivity contribution in [2.75, 3.05) is 16.2 Å². The lowest BCUT2D eigenvalue weighted by Crippen LogP contribution is -2.30. The van der Waals surface area contributed by atoms with Crippen LogP contribution in [0.4, 0.5) is 11.4 Å². The number of hydrogen-bond acceptors (Lipinski definition) is 3. The molecular formula is C21H24N2O3S. The van der Waals surface area contributed by atoms with Crippen LogP contribution in [0.5, 0.6) is 0 Å². The highest BCUT2D eigenvalue weighted by atomic mass is 32.2. The van der Waals surface area contributed by atoms with Crippen LogP contribution in [0, 0.1) is 26.7 Å². The van der Waals surface area contributed by atoms with Crippen molar-refractivity contribution >= 4 is 27.3 Å². The van der Waals surface area contributed by atoms with Crippen molar-refractivity contribution in [2.45, 2.75) is 44.9 Å². The van der Waals surface area contributed by atoms with E-state index in [0.29, 0.717) is 17.1 Å². The predicted octanol–water partition coefficient (Wildman–Crippen LogP) is 3.71. The summed E-state index contributed by atoms with van der Waals surface area (Å²) in [5.74, 6) is 0.313. The van der Waals surface area contributed by atoms with Gasteiger partial charge in [0.05, 0.1) is 10.6 Å². The molecule has 2 aromatic carbocycles. The third-order valence-electron chi connectivity index (χ3n) is 5.30. The van der Waals surface area contributed by atoms with E-state index >= 15 is 0 Å². The predicted molar refractivity (Wildman–Crippen MR) is 107 cm³/mol. The molecule has 1 aliphatic heterocycles. The number of fused-ring (bicyclic) bond motifs is 1. The number of sulfonamides is 1. The normalized spacial score (nSPS) is 16.3. The van der Waals surface area contributed by atoms with Crippen LogP contribution < -0.4 is 9.62 Å². The fourth-order valence-corrected chi connectivity index (χ4v) is 5.52. The number of hydrogen-bond donors (Lipinski definition) is 1. The number of carbonyl (C=O) groups excluding carboxylic acids is 1. The summed E-state index contributed by atoms with van der Waals surface area (Å²) in [6, 6.07) is 9.24. The lowest BCUT2D eigenvalue weighted by Gasteiger charge is -2.19. The zero-order valence-corrected chi connectivity index (χ0v) is 16.7. The van der Waals surface area contributed by atoms with Crippen molar-refractivity contribution < 1.29 is 13.2 Å². The van der Waals surface area contributed by atoms with Gasteiger partial charge in [-0.3, -0.25) is 9.52 Å². The number of aryl methyl sites for hydroxylation is 3. The van der Waals surface area contributed by atoms with E-state index in [9.17, 15) is 13.2 Å². The van der Waals surface area contributed by atoms with E-state index in [0.717, 1.165) is 47.2 Å². The Bertz CT molecular complexity index is 1020. The summed E-state index contributed by atoms with van der Waals surface area (Å²) in [7, 11) is -3.70. The second-order valence-corrected chi connectivity index (χ2v) is 9.31. The number of nitrogens with zero attached hydrogens (tertiary/aromatic N) is 1. The van der Waals surface area contributed by atoms with Gasteiger partial charge in [-0.15, -0.1) is 0 Å². The molecule has 1 aliphatic carbocycles. The topological polar surface area (TPSA) is 66.5 Å². The van der Waals surface area contributed by atoms with Gasteiger partial charge >= 0.3 is 0 Å². The van der Waals surface area contributed by atoms with Gasteiger partial charge in [0, 0.05) is 18.2 Å². The average Bonchev–Trinajstić information content (AvgIpc) is 3.32. The Balaban J connectivity index is 1.66. The zero-order chi connectivity index (χ0) is 19.3. The Hall–Kier alpha value is -2.34. The highest BCUT2D eigenvalue weighted by Crippen LogP contribution is 2.38. The molecule has 4 rings (SSSR count). The van der Waals surface area contributed by atoms with Gasteiger partial charge in [0.1, 0.15) is 0 Å². The third kappa shape index (κ3) is 3.34. The molecule has 142 valence electrons. The van der Waals surface area contributed by atoms with Crippen molar-refractivity contribution in [3.05, 3.63) is 52.6 Å². The van der Waals surface area contributed by atoms with Gasteiger partial charge in [-0.2, -0.15) is 0 Å². The molecule has 1 N–H and O–H groups in total. The first-order valence-corrected chi connectivity index (χ1v) is 10.8. The molecular weight excluding hydrogens is 360 g/mol. The SMILES string of the molecule is Cc1cc(C)c(S(=O)(=O)Nc2ccc3c(c2)N(C(=O)C2CC2)CC3)c(C)c1. The van der Waals surface area contributed by atoms with Crippen LogP contribution in [0.3, 0.4) is 0 Å². The van der Waals surface area contributed by atoms with Crippen LogP contribution in [-0.4, -0.2) is 20.9 Å². The maximum Gasteiger partial charge on any atom is 0.262 e. The molecule has 5 nitrogen and oxygen atoms in total. The largest absolute Gasteiger partial charge is 0.312 e. The number of carbonyl (C=O) groups is 1. The highest BCUT2D eigenvalue weighted by molar-refractivity contribution is 7.92. The first-order valence-electron chi connectivity index (χ1n) is 9.31. The van der Waals surface area contributed by atoms with Gasteiger partial charge in [-0.05, 0) is 68.9 Å². The Labute approximate surface area is 160 Å². The lowest BCUT2D eigenvalue weighted by molar-refractivity contribution is -0.119. The van der Waals surface area contributed by atoms with Crippen molar-refractivity contribution in [3.63, 3.8) is 0 Å². The first-order chi connectivity index (χ1) is 12.8. The Morgan fingerprint density at radius 1 is 1.07 bits per heavy atom. The second-order valence-electron chi connectivity index (χ2n) is 7.69. The fourth-order valence-electron chi connectivity index (χ4n) is 4.02. The summed E-state index contributed by atoms with van der Waals surface area (Å²) >= 11 is 0. The smallest absolute Gasteiger partial charge is 0.262 e. The molecule has 1 fully saturated rings. The molecule has 6 heteroatoms. The van der Waals surface area contributed by atoms with Gasteiger partial charge in [-0.1, -0.05) is 23.8 Å². The standard InChI is InChI=1S/C21H24N2O3S/c1-13-10-14(2)20(15(3)11-13)27(25,26)22-18-7-6-16-8-9-23(19(16)12-18)21(24)17-4-5-17/h6-7,10-12,17,22H,4-5,8-9H2,1-3H3. The molecule has 27 heavy (non-hydrogen) atoms. The molecule has 0 saturated heterocycles. The van der Waals surface area contributed by atoms with E-state index in [1.807, 2.05) is 43.9 Å². The maximum atomic E-state index is 13.0. The van der Waals surface area contributed by atoms with Gasteiger partial charge in [0.2, 0.25) is 5.91 Å². The van der Waals surface area contributed by atoms with Crippen molar-refractivity contribution in [2.24, 2.45) is 5.92 Å². The van der Waals surface area contributed by atoms with E-state index in [1.54, 1.807) is 12.1 Å². The van der Waals surface area contributed by atoms with Gasteiger partial charge in [0.25, 0.3) is 10.0 Å².